The molecule has 1 amide bonds. The third-order valence-electron chi connectivity index (χ3n) is 2.88. The van der Waals surface area contributed by atoms with Gasteiger partial charge in [-0.05, 0) is 19.1 Å². The number of nitrogens with zero attached hydrogens (tertiary/aromatic N) is 2. The van der Waals surface area contributed by atoms with Crippen LogP contribution >= 0.6 is 0 Å². The van der Waals surface area contributed by atoms with Crippen molar-refractivity contribution >= 4 is 16.9 Å². The van der Waals surface area contributed by atoms with Gasteiger partial charge in [0.05, 0.1) is 23.8 Å². The van der Waals surface area contributed by atoms with Crippen LogP contribution in [-0.2, 0) is 16.1 Å². The van der Waals surface area contributed by atoms with E-state index < -0.39 is 0 Å². The van der Waals surface area contributed by atoms with Gasteiger partial charge in [0.1, 0.15) is 6.54 Å². The molecule has 0 aliphatic heterocycles. The standard InChI is InChI=1S/C14H17N3O3/c1-10(9-20-2)16-13(18)8-17-12-6-4-3-5-11(12)15-7-14(17)19/h3-7,10H,8-9H2,1-2H3,(H,16,18)/t10-/m0/s1. The van der Waals surface area contributed by atoms with Crippen molar-refractivity contribution in [1.82, 2.24) is 14.9 Å². The highest BCUT2D eigenvalue weighted by Crippen LogP contribution is 2.07. The van der Waals surface area contributed by atoms with Crippen molar-refractivity contribution in [3.05, 3.63) is 40.8 Å². The lowest BCUT2D eigenvalue weighted by molar-refractivity contribution is -0.122. The first-order valence-corrected chi connectivity index (χ1v) is 6.34. The Hall–Kier alpha value is -2.21. The molecular formula is C14H17N3O3. The largest absolute Gasteiger partial charge is 0.383 e. The Kier molecular flexibility index (Phi) is 4.47. The highest BCUT2D eigenvalue weighted by Gasteiger charge is 2.11. The van der Waals surface area contributed by atoms with Gasteiger partial charge in [0.15, 0.2) is 0 Å². The molecule has 0 aliphatic rings. The fourth-order valence-electron chi connectivity index (χ4n) is 2.03. The molecule has 0 saturated heterocycles. The maximum absolute atomic E-state index is 11.9. The van der Waals surface area contributed by atoms with Crippen molar-refractivity contribution in [2.45, 2.75) is 19.5 Å². The van der Waals surface area contributed by atoms with Gasteiger partial charge < -0.3 is 10.1 Å². The van der Waals surface area contributed by atoms with E-state index in [1.54, 1.807) is 19.2 Å². The fourth-order valence-corrected chi connectivity index (χ4v) is 2.03. The SMILES string of the molecule is COC[C@H](C)NC(=O)Cn1c(=O)cnc2ccccc21. The number of ether oxygens (including phenoxy) is 1. The first-order valence-electron chi connectivity index (χ1n) is 6.34. The summed E-state index contributed by atoms with van der Waals surface area (Å²) in [7, 11) is 1.57. The van der Waals surface area contributed by atoms with E-state index in [1.165, 1.54) is 10.8 Å². The van der Waals surface area contributed by atoms with Crippen molar-refractivity contribution in [1.29, 1.82) is 0 Å². The Labute approximate surface area is 116 Å². The molecule has 6 heteroatoms. The Morgan fingerprint density at radius 3 is 2.95 bits per heavy atom. The topological polar surface area (TPSA) is 73.2 Å². The Morgan fingerprint density at radius 1 is 1.45 bits per heavy atom. The summed E-state index contributed by atoms with van der Waals surface area (Å²) in [5.41, 5.74) is 1.04. The molecular weight excluding hydrogens is 258 g/mol. The summed E-state index contributed by atoms with van der Waals surface area (Å²) in [5, 5.41) is 2.78. The van der Waals surface area contributed by atoms with E-state index in [9.17, 15) is 9.59 Å². The highest BCUT2D eigenvalue weighted by molar-refractivity contribution is 5.80. The van der Waals surface area contributed by atoms with Crippen molar-refractivity contribution in [2.75, 3.05) is 13.7 Å². The minimum absolute atomic E-state index is 0.0318. The highest BCUT2D eigenvalue weighted by atomic mass is 16.5. The summed E-state index contributed by atoms with van der Waals surface area (Å²) in [6.45, 7) is 2.24. The van der Waals surface area contributed by atoms with Crippen molar-refractivity contribution in [3.63, 3.8) is 0 Å². The molecule has 6 nitrogen and oxygen atoms in total. The van der Waals surface area contributed by atoms with Crippen molar-refractivity contribution < 1.29 is 9.53 Å². The quantitative estimate of drug-likeness (QED) is 0.864. The van der Waals surface area contributed by atoms with Crippen LogP contribution in [0.2, 0.25) is 0 Å². The number of nitrogens with one attached hydrogen (secondary N) is 1. The number of para-hydroxylation sites is 2. The Bertz CT molecular complexity index is 666. The minimum atomic E-state index is -0.293. The van der Waals surface area contributed by atoms with Crippen LogP contribution in [0.15, 0.2) is 35.3 Å². The van der Waals surface area contributed by atoms with Gasteiger partial charge in [-0.25, -0.2) is 4.98 Å². The summed E-state index contributed by atoms with van der Waals surface area (Å²) >= 11 is 0. The fraction of sp³-hybridized carbons (Fsp3) is 0.357. The van der Waals surface area contributed by atoms with Gasteiger partial charge in [-0.15, -0.1) is 0 Å². The third-order valence-corrected chi connectivity index (χ3v) is 2.88. The van der Waals surface area contributed by atoms with Crippen LogP contribution in [0.25, 0.3) is 11.0 Å². The maximum atomic E-state index is 11.9. The predicted molar refractivity (Wildman–Crippen MR) is 75.5 cm³/mol. The van der Waals surface area contributed by atoms with Crippen LogP contribution in [0.4, 0.5) is 0 Å². The average molecular weight is 275 g/mol. The second-order valence-electron chi connectivity index (χ2n) is 4.60. The molecule has 0 radical (unpaired) electrons. The number of carbonyl (C=O) groups excluding carboxylic acids is 1. The molecule has 0 fully saturated rings. The minimum Gasteiger partial charge on any atom is -0.383 e. The van der Waals surface area contributed by atoms with Gasteiger partial charge in [-0.3, -0.25) is 14.2 Å². The number of aromatic nitrogens is 2. The Balaban J connectivity index is 2.23. The summed E-state index contributed by atoms with van der Waals surface area (Å²) in [6.07, 6.45) is 1.23. The Morgan fingerprint density at radius 2 is 2.20 bits per heavy atom. The third kappa shape index (κ3) is 3.21. The van der Waals surface area contributed by atoms with E-state index >= 15 is 0 Å². The van der Waals surface area contributed by atoms with Gasteiger partial charge in [0, 0.05) is 13.2 Å². The molecule has 106 valence electrons. The van der Waals surface area contributed by atoms with Crippen LogP contribution in [0.5, 0.6) is 0 Å². The van der Waals surface area contributed by atoms with Crippen LogP contribution < -0.4 is 10.9 Å². The molecule has 0 bridgehead atoms. The second-order valence-corrected chi connectivity index (χ2v) is 4.60. The van der Waals surface area contributed by atoms with Gasteiger partial charge >= 0.3 is 0 Å². The number of fused-ring (bicyclic) bond motifs is 1. The van der Waals surface area contributed by atoms with Gasteiger partial charge in [-0.1, -0.05) is 12.1 Å². The van der Waals surface area contributed by atoms with E-state index in [4.69, 9.17) is 4.74 Å². The summed E-state index contributed by atoms with van der Waals surface area (Å²) in [4.78, 5) is 27.9. The molecule has 1 heterocycles. The first-order chi connectivity index (χ1) is 9.61. The van der Waals surface area contributed by atoms with E-state index in [1.807, 2.05) is 19.1 Å². The molecule has 0 spiro atoms. The number of rotatable bonds is 5. The summed E-state index contributed by atoms with van der Waals surface area (Å²) in [5.74, 6) is -0.229. The lowest BCUT2D eigenvalue weighted by Gasteiger charge is -2.14. The van der Waals surface area contributed by atoms with E-state index in [0.717, 1.165) is 0 Å². The predicted octanol–water partition coefficient (Wildman–Crippen LogP) is 0.548. The normalized spacial score (nSPS) is 12.3. The number of methoxy groups -OCH3 is 1. The van der Waals surface area contributed by atoms with Crippen molar-refractivity contribution in [2.24, 2.45) is 0 Å². The van der Waals surface area contributed by atoms with E-state index in [2.05, 4.69) is 10.3 Å². The number of amides is 1. The van der Waals surface area contributed by atoms with Gasteiger partial charge in [0.2, 0.25) is 5.91 Å². The number of carbonyl (C=O) groups is 1. The lowest BCUT2D eigenvalue weighted by Crippen LogP contribution is -2.39. The second kappa shape index (κ2) is 6.29. The zero-order chi connectivity index (χ0) is 14.5. The molecule has 0 saturated carbocycles. The summed E-state index contributed by atoms with van der Waals surface area (Å²) in [6, 6.07) is 7.12. The smallest absolute Gasteiger partial charge is 0.269 e. The lowest BCUT2D eigenvalue weighted by atomic mass is 10.3. The molecule has 0 unspecified atom stereocenters. The molecule has 1 aromatic carbocycles. The average Bonchev–Trinajstić information content (AvgIpc) is 2.42. The summed E-state index contributed by atoms with van der Waals surface area (Å²) < 4.78 is 6.37. The molecule has 2 aromatic rings. The molecule has 1 N–H and O–H groups in total. The number of hydrogen-bond donors (Lipinski definition) is 1. The molecule has 0 aliphatic carbocycles. The first kappa shape index (κ1) is 14.2. The zero-order valence-corrected chi connectivity index (χ0v) is 11.5. The molecule has 1 atom stereocenters. The molecule has 2 rings (SSSR count). The zero-order valence-electron chi connectivity index (χ0n) is 11.5. The van der Waals surface area contributed by atoms with Gasteiger partial charge in [-0.2, -0.15) is 0 Å². The number of benzene rings is 1. The number of hydrogen-bond acceptors (Lipinski definition) is 4. The van der Waals surface area contributed by atoms with Gasteiger partial charge in [0.25, 0.3) is 5.56 Å². The maximum Gasteiger partial charge on any atom is 0.269 e. The van der Waals surface area contributed by atoms with E-state index in [-0.39, 0.29) is 24.1 Å². The van der Waals surface area contributed by atoms with Crippen LogP contribution in [0.1, 0.15) is 6.92 Å². The van der Waals surface area contributed by atoms with Crippen LogP contribution in [-0.4, -0.2) is 35.2 Å². The van der Waals surface area contributed by atoms with Crippen LogP contribution in [0.3, 0.4) is 0 Å². The monoisotopic (exact) mass is 275 g/mol. The molecule has 20 heavy (non-hydrogen) atoms. The van der Waals surface area contributed by atoms with E-state index in [0.29, 0.717) is 17.6 Å². The van der Waals surface area contributed by atoms with Crippen molar-refractivity contribution in [3.8, 4) is 0 Å². The molecule has 1 aromatic heterocycles. The van der Waals surface area contributed by atoms with Crippen LogP contribution in [0, 0.1) is 0 Å².